The Bertz CT molecular complexity index is 2960. The van der Waals surface area contributed by atoms with E-state index in [0.717, 1.165) is 44.8 Å². The van der Waals surface area contributed by atoms with Crippen molar-refractivity contribution in [1.82, 2.24) is 9.13 Å². The van der Waals surface area contributed by atoms with Crippen LogP contribution in [0.2, 0.25) is 0 Å². The number of benzene rings is 6. The molecule has 5 heteroatoms. The van der Waals surface area contributed by atoms with Gasteiger partial charge in [0, 0.05) is 0 Å². The molecule has 1 aliphatic rings. The summed E-state index contributed by atoms with van der Waals surface area (Å²) in [5.74, 6) is 0. The summed E-state index contributed by atoms with van der Waals surface area (Å²) >= 11 is 0.0856. The van der Waals surface area contributed by atoms with E-state index >= 15 is 0 Å². The van der Waals surface area contributed by atoms with Gasteiger partial charge in [-0.2, -0.15) is 0 Å². The standard InChI is InChI=1S/C46H26N4Se/c47-27-31(28-48)44-35-16-8-7-15-34(35)38-25-29(19-21-36(38)44)42-23-24-43(51-42)30-20-22-41-39(26-30)45-37-17-9-10-18-40(37)49(32-11-3-1-4-12-32)46(45)50(41)33-13-5-2-6-14-33/h1-26H. The van der Waals surface area contributed by atoms with Crippen molar-refractivity contribution in [2.24, 2.45) is 0 Å². The Balaban J connectivity index is 1.15. The number of hydrogen-bond donors (Lipinski definition) is 0. The van der Waals surface area contributed by atoms with Crippen molar-refractivity contribution in [2.75, 3.05) is 0 Å². The summed E-state index contributed by atoms with van der Waals surface area (Å²) in [5, 5.41) is 23.2. The van der Waals surface area contributed by atoms with E-state index < -0.39 is 0 Å². The molecule has 0 saturated heterocycles. The molecule has 0 amide bonds. The topological polar surface area (TPSA) is 57.4 Å². The van der Waals surface area contributed by atoms with E-state index in [1.165, 1.54) is 47.2 Å². The molecule has 0 spiro atoms. The minimum atomic E-state index is 0.0856. The molecule has 0 unspecified atom stereocenters. The molecule has 0 radical (unpaired) electrons. The zero-order chi connectivity index (χ0) is 34.1. The zero-order valence-electron chi connectivity index (χ0n) is 27.2. The normalized spacial score (nSPS) is 11.8. The average Bonchev–Trinajstić information content (AvgIpc) is 3.96. The Labute approximate surface area is 300 Å². The Kier molecular flexibility index (Phi) is 6.60. The fraction of sp³-hybridized carbons (Fsp3) is 0. The monoisotopic (exact) mass is 714 g/mol. The molecule has 9 aromatic rings. The van der Waals surface area contributed by atoms with Gasteiger partial charge in [-0.1, -0.05) is 0 Å². The molecule has 0 fully saturated rings. The molecule has 0 bridgehead atoms. The third-order valence-electron chi connectivity index (χ3n) is 10.0. The van der Waals surface area contributed by atoms with Crippen LogP contribution in [-0.4, -0.2) is 23.6 Å². The maximum atomic E-state index is 9.75. The van der Waals surface area contributed by atoms with Crippen LogP contribution in [0.5, 0.6) is 0 Å². The van der Waals surface area contributed by atoms with Crippen LogP contribution in [0.4, 0.5) is 0 Å². The summed E-state index contributed by atoms with van der Waals surface area (Å²) in [6, 6.07) is 60.4. The molecule has 1 aliphatic carbocycles. The van der Waals surface area contributed by atoms with E-state index in [4.69, 9.17) is 0 Å². The van der Waals surface area contributed by atoms with Gasteiger partial charge in [0.2, 0.25) is 0 Å². The van der Waals surface area contributed by atoms with E-state index in [2.05, 4.69) is 161 Å². The summed E-state index contributed by atoms with van der Waals surface area (Å²) in [6.07, 6.45) is 0. The van der Waals surface area contributed by atoms with Gasteiger partial charge in [0.25, 0.3) is 0 Å². The van der Waals surface area contributed by atoms with Gasteiger partial charge >= 0.3 is 302 Å². The Hall–Kier alpha value is -6.62. The molecule has 3 aromatic heterocycles. The first-order chi connectivity index (χ1) is 25.2. The first-order valence-corrected chi connectivity index (χ1v) is 18.5. The number of fused-ring (bicyclic) bond motifs is 8. The van der Waals surface area contributed by atoms with Crippen LogP contribution in [0.15, 0.2) is 163 Å². The Morgan fingerprint density at radius 1 is 0.471 bits per heavy atom. The molecular formula is C46H26N4Se. The number of allylic oxidation sites excluding steroid dienone is 1. The molecule has 6 aromatic carbocycles. The number of nitrogens with zero attached hydrogens (tertiary/aromatic N) is 4. The summed E-state index contributed by atoms with van der Waals surface area (Å²) < 4.78 is 7.46. The van der Waals surface area contributed by atoms with Crippen LogP contribution in [0, 0.1) is 22.7 Å². The summed E-state index contributed by atoms with van der Waals surface area (Å²) in [7, 11) is 0. The quantitative estimate of drug-likeness (QED) is 0.135. The van der Waals surface area contributed by atoms with Crippen LogP contribution >= 0.6 is 0 Å². The van der Waals surface area contributed by atoms with Gasteiger partial charge in [0.05, 0.1) is 0 Å². The summed E-state index contributed by atoms with van der Waals surface area (Å²) in [6.45, 7) is 0. The van der Waals surface area contributed by atoms with E-state index in [9.17, 15) is 10.5 Å². The van der Waals surface area contributed by atoms with E-state index in [0.29, 0.717) is 0 Å². The summed E-state index contributed by atoms with van der Waals surface area (Å²) in [4.78, 5) is 0. The first-order valence-electron chi connectivity index (χ1n) is 16.8. The van der Waals surface area contributed by atoms with E-state index in [1.54, 1.807) is 0 Å². The summed E-state index contributed by atoms with van der Waals surface area (Å²) in [5.41, 5.74) is 13.1. The number of para-hydroxylation sites is 3. The maximum absolute atomic E-state index is 9.75. The minimum absolute atomic E-state index is 0.0856. The van der Waals surface area contributed by atoms with Crippen molar-refractivity contribution in [3.63, 3.8) is 0 Å². The number of rotatable bonds is 4. The fourth-order valence-electron chi connectivity index (χ4n) is 7.85. The average molecular weight is 714 g/mol. The van der Waals surface area contributed by atoms with Crippen molar-refractivity contribution >= 4 is 52.9 Å². The van der Waals surface area contributed by atoms with Gasteiger partial charge in [-0.3, -0.25) is 0 Å². The number of hydrogen-bond acceptors (Lipinski definition) is 2. The zero-order valence-corrected chi connectivity index (χ0v) is 28.9. The van der Waals surface area contributed by atoms with Crippen molar-refractivity contribution < 1.29 is 0 Å². The van der Waals surface area contributed by atoms with Crippen LogP contribution in [0.1, 0.15) is 11.1 Å². The molecule has 51 heavy (non-hydrogen) atoms. The van der Waals surface area contributed by atoms with Crippen molar-refractivity contribution in [3.8, 4) is 54.6 Å². The van der Waals surface area contributed by atoms with Crippen molar-refractivity contribution in [2.45, 2.75) is 0 Å². The number of nitriles is 2. The third-order valence-corrected chi connectivity index (χ3v) is 12.5. The van der Waals surface area contributed by atoms with Gasteiger partial charge in [0.1, 0.15) is 0 Å². The molecule has 0 aliphatic heterocycles. The predicted octanol–water partition coefficient (Wildman–Crippen LogP) is 10.9. The van der Waals surface area contributed by atoms with Crippen LogP contribution in [0.25, 0.3) is 80.9 Å². The van der Waals surface area contributed by atoms with Crippen molar-refractivity contribution in [1.29, 1.82) is 10.5 Å². The predicted molar refractivity (Wildman–Crippen MR) is 208 cm³/mol. The van der Waals surface area contributed by atoms with Gasteiger partial charge < -0.3 is 0 Å². The molecule has 0 N–H and O–H groups in total. The van der Waals surface area contributed by atoms with Crippen molar-refractivity contribution in [3.05, 3.63) is 174 Å². The van der Waals surface area contributed by atoms with Crippen LogP contribution in [0.3, 0.4) is 0 Å². The second-order valence-electron chi connectivity index (χ2n) is 12.7. The molecule has 4 nitrogen and oxygen atoms in total. The van der Waals surface area contributed by atoms with Crippen LogP contribution in [-0.2, 0) is 0 Å². The molecule has 0 atom stereocenters. The Morgan fingerprint density at radius 3 is 1.71 bits per heavy atom. The first kappa shape index (κ1) is 29.3. The molecule has 0 saturated carbocycles. The van der Waals surface area contributed by atoms with E-state index in [1.807, 2.05) is 18.2 Å². The van der Waals surface area contributed by atoms with E-state index in [-0.39, 0.29) is 20.1 Å². The SMILES string of the molecule is N#CC(C#N)=C1c2ccccc2-c2cc(-c3ccc(-c4ccc5c(c4)c4c6ccccc6n(-c6ccccc6)c4n5-c4ccccc4)[se]3)ccc21. The Morgan fingerprint density at radius 2 is 1.02 bits per heavy atom. The van der Waals surface area contributed by atoms with Gasteiger partial charge in [-0.15, -0.1) is 0 Å². The second kappa shape index (κ2) is 11.5. The molecular weight excluding hydrogens is 687 g/mol. The molecule has 10 rings (SSSR count). The third kappa shape index (κ3) is 4.37. The number of aromatic nitrogens is 2. The molecule has 3 heterocycles. The second-order valence-corrected chi connectivity index (χ2v) is 15.0. The van der Waals surface area contributed by atoms with Gasteiger partial charge in [-0.05, 0) is 0 Å². The van der Waals surface area contributed by atoms with Gasteiger partial charge in [-0.25, -0.2) is 0 Å². The van der Waals surface area contributed by atoms with Crippen LogP contribution < -0.4 is 0 Å². The molecule has 236 valence electrons. The fourth-order valence-corrected chi connectivity index (χ4v) is 9.95. The van der Waals surface area contributed by atoms with Gasteiger partial charge in [0.15, 0.2) is 0 Å².